The average molecular weight is 413 g/mol. The molecule has 1 aromatic heterocycles. The summed E-state index contributed by atoms with van der Waals surface area (Å²) in [5.74, 6) is 0.878. The zero-order valence-corrected chi connectivity index (χ0v) is 18.4. The van der Waals surface area contributed by atoms with E-state index in [1.54, 1.807) is 16.6 Å². The SMILES string of the molecule is COc1cc(C)c([C@H]2CC(=O)N(c3c(C)ccn(C4CCNC4)c3=O)C2)c(P)c1. The van der Waals surface area contributed by atoms with E-state index < -0.39 is 0 Å². The zero-order chi connectivity index (χ0) is 20.7. The lowest BCUT2D eigenvalue weighted by molar-refractivity contribution is -0.117. The summed E-state index contributed by atoms with van der Waals surface area (Å²) in [6, 6.07) is 6.09. The van der Waals surface area contributed by atoms with E-state index in [4.69, 9.17) is 4.74 Å². The summed E-state index contributed by atoms with van der Waals surface area (Å²) >= 11 is 0. The van der Waals surface area contributed by atoms with E-state index in [9.17, 15) is 9.59 Å². The number of aryl methyl sites for hydroxylation is 2. The van der Waals surface area contributed by atoms with Crippen molar-refractivity contribution in [3.8, 4) is 5.75 Å². The lowest BCUT2D eigenvalue weighted by Crippen LogP contribution is -2.36. The third-order valence-corrected chi connectivity index (χ3v) is 6.63. The highest BCUT2D eigenvalue weighted by Gasteiger charge is 2.36. The predicted molar refractivity (Wildman–Crippen MR) is 119 cm³/mol. The average Bonchev–Trinajstić information content (AvgIpc) is 3.32. The summed E-state index contributed by atoms with van der Waals surface area (Å²) in [6.07, 6.45) is 3.21. The van der Waals surface area contributed by atoms with Gasteiger partial charge < -0.3 is 19.5 Å². The molecule has 1 aromatic carbocycles. The first-order valence-corrected chi connectivity index (χ1v) is 10.6. The number of rotatable bonds is 4. The minimum Gasteiger partial charge on any atom is -0.497 e. The molecular weight excluding hydrogens is 385 g/mol. The number of hydrogen-bond acceptors (Lipinski definition) is 4. The molecule has 1 amide bonds. The van der Waals surface area contributed by atoms with E-state index in [2.05, 4.69) is 14.6 Å². The highest BCUT2D eigenvalue weighted by molar-refractivity contribution is 7.27. The van der Waals surface area contributed by atoms with Gasteiger partial charge in [0.1, 0.15) is 11.4 Å². The molecule has 7 heteroatoms. The summed E-state index contributed by atoms with van der Waals surface area (Å²) in [4.78, 5) is 28.0. The Hall–Kier alpha value is -2.17. The third kappa shape index (κ3) is 3.60. The van der Waals surface area contributed by atoms with Gasteiger partial charge >= 0.3 is 0 Å². The summed E-state index contributed by atoms with van der Waals surface area (Å²) in [7, 11) is 4.42. The first-order chi connectivity index (χ1) is 13.9. The van der Waals surface area contributed by atoms with Crippen molar-refractivity contribution in [1.82, 2.24) is 9.88 Å². The number of pyridine rings is 1. The number of methoxy groups -OCH3 is 1. The van der Waals surface area contributed by atoms with Crippen molar-refractivity contribution in [2.24, 2.45) is 0 Å². The molecule has 0 aliphatic carbocycles. The molecule has 2 aliphatic heterocycles. The number of carbonyl (C=O) groups excluding carboxylic acids is 1. The van der Waals surface area contributed by atoms with Gasteiger partial charge in [-0.05, 0) is 67.0 Å². The minimum absolute atomic E-state index is 0.0112. The largest absolute Gasteiger partial charge is 0.497 e. The van der Waals surface area contributed by atoms with Crippen LogP contribution in [-0.4, -0.2) is 37.2 Å². The smallest absolute Gasteiger partial charge is 0.275 e. The van der Waals surface area contributed by atoms with Crippen LogP contribution in [0.4, 0.5) is 5.69 Å². The first kappa shape index (κ1) is 20.1. The number of carbonyl (C=O) groups is 1. The number of nitrogens with zero attached hydrogens (tertiary/aromatic N) is 2. The van der Waals surface area contributed by atoms with E-state index in [0.29, 0.717) is 18.7 Å². The molecule has 2 fully saturated rings. The number of ether oxygens (including phenoxy) is 1. The van der Waals surface area contributed by atoms with Crippen LogP contribution in [0.1, 0.15) is 41.5 Å². The third-order valence-electron chi connectivity index (χ3n) is 6.15. The topological polar surface area (TPSA) is 63.6 Å². The second kappa shape index (κ2) is 7.92. The number of hydrogen-bond donors (Lipinski definition) is 1. The minimum atomic E-state index is -0.0646. The number of benzene rings is 1. The Kier molecular flexibility index (Phi) is 5.50. The fourth-order valence-corrected chi connectivity index (χ4v) is 5.33. The van der Waals surface area contributed by atoms with Gasteiger partial charge in [0.05, 0.1) is 13.2 Å². The number of aromatic nitrogens is 1. The van der Waals surface area contributed by atoms with Crippen LogP contribution >= 0.6 is 9.24 Å². The molecule has 3 heterocycles. The van der Waals surface area contributed by atoms with Gasteiger partial charge in [-0.3, -0.25) is 9.59 Å². The Morgan fingerprint density at radius 2 is 2.00 bits per heavy atom. The molecule has 29 heavy (non-hydrogen) atoms. The van der Waals surface area contributed by atoms with Crippen molar-refractivity contribution in [2.75, 3.05) is 31.6 Å². The van der Waals surface area contributed by atoms with Crippen molar-refractivity contribution in [1.29, 1.82) is 0 Å². The summed E-state index contributed by atoms with van der Waals surface area (Å²) in [5, 5.41) is 4.35. The Bertz CT molecular complexity index is 988. The molecule has 3 atom stereocenters. The summed E-state index contributed by atoms with van der Waals surface area (Å²) < 4.78 is 7.15. The van der Waals surface area contributed by atoms with Gasteiger partial charge in [-0.1, -0.05) is 0 Å². The summed E-state index contributed by atoms with van der Waals surface area (Å²) in [6.45, 7) is 6.19. The lowest BCUT2D eigenvalue weighted by Gasteiger charge is -2.22. The van der Waals surface area contributed by atoms with E-state index in [-0.39, 0.29) is 23.4 Å². The quantitative estimate of drug-likeness (QED) is 0.780. The highest BCUT2D eigenvalue weighted by atomic mass is 31.0. The normalized spacial score (nSPS) is 21.8. The van der Waals surface area contributed by atoms with Gasteiger partial charge in [-0.25, -0.2) is 0 Å². The van der Waals surface area contributed by atoms with Crippen molar-refractivity contribution in [2.45, 2.75) is 38.6 Å². The molecule has 6 nitrogen and oxygen atoms in total. The second-order valence-corrected chi connectivity index (χ2v) is 8.68. The van der Waals surface area contributed by atoms with E-state index in [1.165, 1.54) is 0 Å². The molecule has 2 aliphatic rings. The van der Waals surface area contributed by atoms with Gasteiger partial charge in [0.15, 0.2) is 0 Å². The van der Waals surface area contributed by atoms with Gasteiger partial charge in [0.2, 0.25) is 5.91 Å². The fourth-order valence-electron chi connectivity index (χ4n) is 4.71. The summed E-state index contributed by atoms with van der Waals surface area (Å²) in [5.41, 5.74) is 3.58. The Labute approximate surface area is 173 Å². The maximum atomic E-state index is 13.3. The second-order valence-electron chi connectivity index (χ2n) is 8.06. The maximum Gasteiger partial charge on any atom is 0.275 e. The molecule has 2 saturated heterocycles. The molecule has 1 N–H and O–H groups in total. The van der Waals surface area contributed by atoms with E-state index >= 15 is 0 Å². The molecule has 2 unspecified atom stereocenters. The van der Waals surface area contributed by atoms with Gasteiger partial charge in [-0.15, -0.1) is 9.24 Å². The van der Waals surface area contributed by atoms with Crippen molar-refractivity contribution in [3.63, 3.8) is 0 Å². The monoisotopic (exact) mass is 413 g/mol. The van der Waals surface area contributed by atoms with Gasteiger partial charge in [0.25, 0.3) is 5.56 Å². The zero-order valence-electron chi connectivity index (χ0n) is 17.2. The number of amides is 1. The lowest BCUT2D eigenvalue weighted by atomic mass is 9.93. The molecule has 2 aromatic rings. The molecule has 0 bridgehead atoms. The Morgan fingerprint density at radius 1 is 1.21 bits per heavy atom. The molecular formula is C22H28N3O3P. The van der Waals surface area contributed by atoms with Crippen LogP contribution in [-0.2, 0) is 4.79 Å². The van der Waals surface area contributed by atoms with E-state index in [1.807, 2.05) is 38.2 Å². The standard InChI is InChI=1S/C22H28N3O3P/c1-13-5-7-24(16-4-6-23-11-16)22(27)21(13)25-12-15(9-19(25)26)20-14(2)8-17(28-3)10-18(20)29/h5,7-8,10,15-16,23H,4,6,9,11-12,29H2,1-3H3/t15-,16?/m0/s1. The fraction of sp³-hybridized carbons (Fsp3) is 0.455. The Morgan fingerprint density at radius 3 is 2.66 bits per heavy atom. The van der Waals surface area contributed by atoms with Gasteiger partial charge in [-0.2, -0.15) is 0 Å². The van der Waals surface area contributed by atoms with Crippen LogP contribution in [0.2, 0.25) is 0 Å². The predicted octanol–water partition coefficient (Wildman–Crippen LogP) is 2.03. The van der Waals surface area contributed by atoms with Crippen LogP contribution < -0.4 is 25.8 Å². The van der Waals surface area contributed by atoms with Crippen LogP contribution in [0.3, 0.4) is 0 Å². The molecule has 154 valence electrons. The number of nitrogens with one attached hydrogen (secondary N) is 1. The van der Waals surface area contributed by atoms with Gasteiger partial charge in [0, 0.05) is 31.6 Å². The molecule has 0 saturated carbocycles. The van der Waals surface area contributed by atoms with E-state index in [0.717, 1.165) is 47.3 Å². The van der Waals surface area contributed by atoms with Crippen molar-refractivity contribution < 1.29 is 9.53 Å². The molecule has 4 rings (SSSR count). The van der Waals surface area contributed by atoms with Crippen LogP contribution in [0.5, 0.6) is 5.75 Å². The maximum absolute atomic E-state index is 13.3. The first-order valence-electron chi connectivity index (χ1n) is 10.1. The van der Waals surface area contributed by atoms with Crippen molar-refractivity contribution in [3.05, 3.63) is 51.4 Å². The van der Waals surface area contributed by atoms with Crippen LogP contribution in [0, 0.1) is 13.8 Å². The number of anilines is 1. The van der Waals surface area contributed by atoms with Crippen LogP contribution in [0.15, 0.2) is 29.2 Å². The van der Waals surface area contributed by atoms with Crippen molar-refractivity contribution >= 4 is 26.1 Å². The Balaban J connectivity index is 1.69. The van der Waals surface area contributed by atoms with Crippen LogP contribution in [0.25, 0.3) is 0 Å². The highest BCUT2D eigenvalue weighted by Crippen LogP contribution is 2.34. The molecule has 0 spiro atoms. The molecule has 0 radical (unpaired) electrons.